The lowest BCUT2D eigenvalue weighted by molar-refractivity contribution is 0.747. The van der Waals surface area contributed by atoms with E-state index in [1.54, 1.807) is 0 Å². The maximum absolute atomic E-state index is 4.06. The topological polar surface area (TPSA) is 33.6 Å². The third kappa shape index (κ3) is 1.63. The minimum absolute atomic E-state index is 0.802. The van der Waals surface area contributed by atoms with Gasteiger partial charge in [-0.25, -0.2) is 0 Å². The Labute approximate surface area is 105 Å². The van der Waals surface area contributed by atoms with Crippen molar-refractivity contribution >= 4 is 10.9 Å². The van der Waals surface area contributed by atoms with E-state index in [0.717, 1.165) is 18.0 Å². The first-order valence-electron chi connectivity index (χ1n) is 6.47. The first-order valence-corrected chi connectivity index (χ1v) is 6.47. The third-order valence-electron chi connectivity index (χ3n) is 3.72. The molecule has 0 atom stereocenters. The van der Waals surface area contributed by atoms with Crippen molar-refractivity contribution in [2.24, 2.45) is 0 Å². The van der Waals surface area contributed by atoms with Gasteiger partial charge in [-0.15, -0.1) is 0 Å². The lowest BCUT2D eigenvalue weighted by Crippen LogP contribution is -2.01. The summed E-state index contributed by atoms with van der Waals surface area (Å²) >= 11 is 0. The van der Waals surface area contributed by atoms with Crippen LogP contribution in [0.1, 0.15) is 30.0 Å². The molecule has 0 amide bonds. The number of aromatic amines is 1. The largest absolute Gasteiger partial charge is 0.347 e. The van der Waals surface area contributed by atoms with Gasteiger partial charge in [0.1, 0.15) is 0 Å². The van der Waals surface area contributed by atoms with Gasteiger partial charge in [0.05, 0.1) is 11.7 Å². The summed E-state index contributed by atoms with van der Waals surface area (Å²) in [5, 5.41) is 8.27. The van der Waals surface area contributed by atoms with Crippen LogP contribution >= 0.6 is 0 Å². The van der Waals surface area contributed by atoms with Crippen molar-refractivity contribution in [2.75, 3.05) is 0 Å². The van der Waals surface area contributed by atoms with Crippen LogP contribution < -0.4 is 0 Å². The molecule has 0 radical (unpaired) electrons. The number of nitrogens with one attached hydrogen (secondary N) is 1. The van der Waals surface area contributed by atoms with Gasteiger partial charge < -0.3 is 4.57 Å². The lowest BCUT2D eigenvalue weighted by atomic mass is 10.1. The second kappa shape index (κ2) is 3.73. The van der Waals surface area contributed by atoms with Crippen LogP contribution in [0.4, 0.5) is 0 Å². The summed E-state index contributed by atoms with van der Waals surface area (Å²) in [6.07, 6.45) is 6.75. The highest BCUT2D eigenvalue weighted by molar-refractivity contribution is 5.78. The van der Waals surface area contributed by atoms with Crippen molar-refractivity contribution < 1.29 is 0 Å². The van der Waals surface area contributed by atoms with E-state index in [-0.39, 0.29) is 0 Å². The zero-order valence-electron chi connectivity index (χ0n) is 10.1. The van der Waals surface area contributed by atoms with Crippen LogP contribution in [0.25, 0.3) is 10.9 Å². The van der Waals surface area contributed by atoms with Gasteiger partial charge >= 0.3 is 0 Å². The molecule has 90 valence electrons. The molecular weight excluding hydrogens is 222 g/mol. The third-order valence-corrected chi connectivity index (χ3v) is 3.72. The van der Waals surface area contributed by atoms with Gasteiger partial charge in [0.25, 0.3) is 0 Å². The molecule has 2 aromatic heterocycles. The second-order valence-corrected chi connectivity index (χ2v) is 5.13. The standard InChI is InChI=1S/C15H15N3/c1-2-15(12-5-6-12)18(7-1)10-11-3-4-13-9-16-17-14(13)8-11/h1-4,7-9,12H,5-6,10H2,(H,16,17). The van der Waals surface area contributed by atoms with E-state index in [9.17, 15) is 0 Å². The number of fused-ring (bicyclic) bond motifs is 1. The van der Waals surface area contributed by atoms with Crippen molar-refractivity contribution in [1.29, 1.82) is 0 Å². The molecule has 4 rings (SSSR count). The summed E-state index contributed by atoms with van der Waals surface area (Å²) in [5.41, 5.74) is 3.93. The average Bonchev–Trinajstić information content (AvgIpc) is 2.95. The smallest absolute Gasteiger partial charge is 0.0653 e. The maximum atomic E-state index is 4.06. The van der Waals surface area contributed by atoms with E-state index in [2.05, 4.69) is 51.3 Å². The van der Waals surface area contributed by atoms with Crippen LogP contribution in [0.5, 0.6) is 0 Å². The molecule has 0 aliphatic heterocycles. The van der Waals surface area contributed by atoms with E-state index < -0.39 is 0 Å². The molecule has 0 saturated heterocycles. The van der Waals surface area contributed by atoms with E-state index in [1.165, 1.54) is 29.5 Å². The molecule has 0 bridgehead atoms. The van der Waals surface area contributed by atoms with Crippen LogP contribution in [-0.4, -0.2) is 14.8 Å². The van der Waals surface area contributed by atoms with Gasteiger partial charge in [0.2, 0.25) is 0 Å². The molecule has 1 aromatic carbocycles. The van der Waals surface area contributed by atoms with Crippen molar-refractivity contribution in [1.82, 2.24) is 14.8 Å². The Hall–Kier alpha value is -2.03. The Balaban J connectivity index is 1.68. The number of nitrogens with zero attached hydrogens (tertiary/aromatic N) is 2. The summed E-state index contributed by atoms with van der Waals surface area (Å²) in [4.78, 5) is 0. The quantitative estimate of drug-likeness (QED) is 0.745. The van der Waals surface area contributed by atoms with Gasteiger partial charge in [-0.1, -0.05) is 12.1 Å². The summed E-state index contributed by atoms with van der Waals surface area (Å²) in [7, 11) is 0. The normalized spacial score (nSPS) is 15.3. The monoisotopic (exact) mass is 237 g/mol. The van der Waals surface area contributed by atoms with Crippen molar-refractivity contribution in [3.8, 4) is 0 Å². The van der Waals surface area contributed by atoms with E-state index in [1.807, 2.05) is 6.20 Å². The Morgan fingerprint density at radius 1 is 1.28 bits per heavy atom. The minimum Gasteiger partial charge on any atom is -0.347 e. The number of hydrogen-bond acceptors (Lipinski definition) is 1. The summed E-state index contributed by atoms with van der Waals surface area (Å²) in [6.45, 7) is 0.952. The van der Waals surface area contributed by atoms with Crippen molar-refractivity contribution in [2.45, 2.75) is 25.3 Å². The van der Waals surface area contributed by atoms with Crippen LogP contribution in [0.15, 0.2) is 42.7 Å². The molecule has 1 fully saturated rings. The molecule has 3 aromatic rings. The highest BCUT2D eigenvalue weighted by Crippen LogP contribution is 2.40. The fourth-order valence-electron chi connectivity index (χ4n) is 2.60. The van der Waals surface area contributed by atoms with E-state index in [4.69, 9.17) is 0 Å². The number of aromatic nitrogens is 3. The molecular formula is C15H15N3. The highest BCUT2D eigenvalue weighted by Gasteiger charge is 2.25. The summed E-state index contributed by atoms with van der Waals surface area (Å²) in [5.74, 6) is 0.802. The van der Waals surface area contributed by atoms with Crippen molar-refractivity contribution in [3.63, 3.8) is 0 Å². The average molecular weight is 237 g/mol. The Kier molecular flexibility index (Phi) is 2.06. The van der Waals surface area contributed by atoms with Crippen LogP contribution in [0.2, 0.25) is 0 Å². The number of benzene rings is 1. The molecule has 1 N–H and O–H groups in total. The SMILES string of the molecule is c1cc(C2CC2)n(Cc2ccc3cn[nH]c3c2)c1. The van der Waals surface area contributed by atoms with Gasteiger partial charge in [0.15, 0.2) is 0 Å². The Morgan fingerprint density at radius 3 is 3.11 bits per heavy atom. The number of H-pyrrole nitrogens is 1. The van der Waals surface area contributed by atoms with Crippen LogP contribution in [0, 0.1) is 0 Å². The molecule has 1 aliphatic carbocycles. The van der Waals surface area contributed by atoms with Crippen LogP contribution in [0.3, 0.4) is 0 Å². The minimum atomic E-state index is 0.802. The second-order valence-electron chi connectivity index (χ2n) is 5.13. The first kappa shape index (κ1) is 9.95. The van der Waals surface area contributed by atoms with Gasteiger partial charge in [-0.2, -0.15) is 5.10 Å². The first-order chi connectivity index (χ1) is 8.90. The molecule has 18 heavy (non-hydrogen) atoms. The predicted molar refractivity (Wildman–Crippen MR) is 71.6 cm³/mol. The Bertz CT molecular complexity index is 688. The van der Waals surface area contributed by atoms with Gasteiger partial charge in [-0.05, 0) is 42.5 Å². The molecule has 0 unspecified atom stereocenters. The zero-order chi connectivity index (χ0) is 11.9. The van der Waals surface area contributed by atoms with Crippen LogP contribution in [-0.2, 0) is 6.54 Å². The van der Waals surface area contributed by atoms with E-state index in [0.29, 0.717) is 0 Å². The summed E-state index contributed by atoms with van der Waals surface area (Å²) in [6, 6.07) is 10.9. The Morgan fingerprint density at radius 2 is 2.22 bits per heavy atom. The van der Waals surface area contributed by atoms with E-state index >= 15 is 0 Å². The molecule has 1 aliphatic rings. The van der Waals surface area contributed by atoms with Crippen molar-refractivity contribution in [3.05, 3.63) is 54.0 Å². The molecule has 3 nitrogen and oxygen atoms in total. The van der Waals surface area contributed by atoms with Gasteiger partial charge in [0, 0.05) is 23.8 Å². The predicted octanol–water partition coefficient (Wildman–Crippen LogP) is 3.29. The fraction of sp³-hybridized carbons (Fsp3) is 0.267. The highest BCUT2D eigenvalue weighted by atomic mass is 15.1. The molecule has 3 heteroatoms. The molecule has 0 spiro atoms. The summed E-state index contributed by atoms with van der Waals surface area (Å²) < 4.78 is 2.37. The number of rotatable bonds is 3. The molecule has 2 heterocycles. The van der Waals surface area contributed by atoms with Gasteiger partial charge in [-0.3, -0.25) is 5.10 Å². The fourth-order valence-corrected chi connectivity index (χ4v) is 2.60. The molecule has 1 saturated carbocycles. The maximum Gasteiger partial charge on any atom is 0.0653 e. The lowest BCUT2D eigenvalue weighted by Gasteiger charge is -2.08. The number of hydrogen-bond donors (Lipinski definition) is 1. The zero-order valence-corrected chi connectivity index (χ0v) is 10.1.